The minimum absolute atomic E-state index is 0.0705. The van der Waals surface area contributed by atoms with Gasteiger partial charge < -0.3 is 5.11 Å². The van der Waals surface area contributed by atoms with Crippen molar-refractivity contribution >= 4 is 0 Å². The molecule has 23 heavy (non-hydrogen) atoms. The van der Waals surface area contributed by atoms with Gasteiger partial charge in [0.1, 0.15) is 0 Å². The van der Waals surface area contributed by atoms with Gasteiger partial charge in [-0.25, -0.2) is 0 Å². The van der Waals surface area contributed by atoms with E-state index in [-0.39, 0.29) is 6.10 Å². The van der Waals surface area contributed by atoms with Crippen LogP contribution in [-0.2, 0) is 0 Å². The van der Waals surface area contributed by atoms with E-state index < -0.39 is 0 Å². The summed E-state index contributed by atoms with van der Waals surface area (Å²) < 4.78 is 0. The lowest BCUT2D eigenvalue weighted by Crippen LogP contribution is -2.53. The second-order valence-electron chi connectivity index (χ2n) is 9.74. The zero-order valence-corrected chi connectivity index (χ0v) is 15.5. The van der Waals surface area contributed by atoms with E-state index in [2.05, 4.69) is 26.8 Å². The van der Waals surface area contributed by atoms with Crippen molar-refractivity contribution in [3.05, 3.63) is 11.6 Å². The molecule has 0 heterocycles. The molecule has 7 atom stereocenters. The molecule has 0 aromatic rings. The maximum absolute atomic E-state index is 10.1. The van der Waals surface area contributed by atoms with Crippen LogP contribution in [0.1, 0.15) is 85.0 Å². The lowest BCUT2D eigenvalue weighted by Gasteiger charge is -2.61. The number of hydrogen-bond acceptors (Lipinski definition) is 1. The Balaban J connectivity index is 1.66. The van der Waals surface area contributed by atoms with Crippen LogP contribution in [0.2, 0.25) is 0 Å². The molecule has 0 radical (unpaired) electrons. The fraction of sp³-hybridized carbons (Fsp3) is 0.909. The van der Waals surface area contributed by atoms with E-state index in [1.54, 1.807) is 5.57 Å². The van der Waals surface area contributed by atoms with Gasteiger partial charge in [-0.1, -0.05) is 45.3 Å². The fourth-order valence-corrected chi connectivity index (χ4v) is 7.62. The first kappa shape index (κ1) is 16.2. The van der Waals surface area contributed by atoms with Gasteiger partial charge in [0, 0.05) is 0 Å². The summed E-state index contributed by atoms with van der Waals surface area (Å²) in [5.41, 5.74) is 2.64. The largest absolute Gasteiger partial charge is 0.393 e. The quantitative estimate of drug-likeness (QED) is 0.613. The third kappa shape index (κ3) is 2.29. The molecule has 4 rings (SSSR count). The van der Waals surface area contributed by atoms with Crippen LogP contribution in [0.4, 0.5) is 0 Å². The molecular weight excluding hydrogens is 280 g/mol. The first-order valence-electron chi connectivity index (χ1n) is 10.4. The van der Waals surface area contributed by atoms with Crippen molar-refractivity contribution in [2.75, 3.05) is 0 Å². The van der Waals surface area contributed by atoms with Crippen molar-refractivity contribution in [2.45, 2.75) is 91.1 Å². The van der Waals surface area contributed by atoms with Crippen molar-refractivity contribution in [3.63, 3.8) is 0 Å². The molecule has 1 nitrogen and oxygen atoms in total. The highest BCUT2D eigenvalue weighted by molar-refractivity contribution is 5.25. The Morgan fingerprint density at radius 2 is 1.91 bits per heavy atom. The summed E-state index contributed by atoms with van der Waals surface area (Å²) in [7, 11) is 0. The number of rotatable bonds is 1. The van der Waals surface area contributed by atoms with Gasteiger partial charge in [-0.3, -0.25) is 0 Å². The summed E-state index contributed by atoms with van der Waals surface area (Å²) in [6.07, 6.45) is 15.7. The maximum atomic E-state index is 10.1. The average molecular weight is 317 g/mol. The van der Waals surface area contributed by atoms with Crippen LogP contribution in [-0.4, -0.2) is 11.2 Å². The van der Waals surface area contributed by atoms with Crippen LogP contribution in [0.25, 0.3) is 0 Å². The summed E-state index contributed by atoms with van der Waals surface area (Å²) in [4.78, 5) is 0. The Labute approximate surface area is 142 Å². The lowest BCUT2D eigenvalue weighted by atomic mass is 9.43. The molecule has 4 aliphatic rings. The zero-order chi connectivity index (χ0) is 16.2. The minimum Gasteiger partial charge on any atom is -0.393 e. The predicted molar refractivity (Wildman–Crippen MR) is 96.1 cm³/mol. The van der Waals surface area contributed by atoms with Crippen LogP contribution < -0.4 is 0 Å². The van der Waals surface area contributed by atoms with E-state index in [1.807, 2.05) is 0 Å². The highest BCUT2D eigenvalue weighted by Gasteiger charge is 2.56. The van der Waals surface area contributed by atoms with Crippen LogP contribution >= 0.6 is 0 Å². The van der Waals surface area contributed by atoms with Crippen molar-refractivity contribution in [2.24, 2.45) is 34.5 Å². The Bertz CT molecular complexity index is 494. The molecule has 0 saturated heterocycles. The molecule has 3 saturated carbocycles. The van der Waals surface area contributed by atoms with Crippen molar-refractivity contribution in [1.82, 2.24) is 0 Å². The Morgan fingerprint density at radius 1 is 1.09 bits per heavy atom. The third-order valence-corrected chi connectivity index (χ3v) is 9.01. The Morgan fingerprint density at radius 3 is 2.70 bits per heavy atom. The lowest BCUT2D eigenvalue weighted by molar-refractivity contribution is -0.0975. The van der Waals surface area contributed by atoms with E-state index in [9.17, 15) is 5.11 Å². The van der Waals surface area contributed by atoms with Crippen LogP contribution in [0, 0.1) is 34.5 Å². The van der Waals surface area contributed by atoms with E-state index in [1.165, 1.54) is 51.4 Å². The number of aliphatic hydroxyl groups is 1. The number of fused-ring (bicyclic) bond motifs is 5. The Hall–Kier alpha value is -0.300. The molecule has 0 spiro atoms. The monoisotopic (exact) mass is 316 g/mol. The van der Waals surface area contributed by atoms with Gasteiger partial charge in [-0.15, -0.1) is 0 Å². The van der Waals surface area contributed by atoms with Crippen LogP contribution in [0.15, 0.2) is 11.6 Å². The van der Waals surface area contributed by atoms with Gasteiger partial charge in [0.2, 0.25) is 0 Å². The second kappa shape index (κ2) is 5.61. The van der Waals surface area contributed by atoms with Crippen molar-refractivity contribution < 1.29 is 5.11 Å². The zero-order valence-electron chi connectivity index (χ0n) is 15.5. The fourth-order valence-electron chi connectivity index (χ4n) is 7.62. The third-order valence-electron chi connectivity index (χ3n) is 9.01. The second-order valence-corrected chi connectivity index (χ2v) is 9.74. The van der Waals surface area contributed by atoms with Gasteiger partial charge >= 0.3 is 0 Å². The van der Waals surface area contributed by atoms with Gasteiger partial charge in [0.25, 0.3) is 0 Å². The van der Waals surface area contributed by atoms with Gasteiger partial charge in [0.05, 0.1) is 6.10 Å². The Kier molecular flexibility index (Phi) is 3.95. The molecule has 0 amide bonds. The average Bonchev–Trinajstić information content (AvgIpc) is 2.54. The molecule has 1 heteroatoms. The summed E-state index contributed by atoms with van der Waals surface area (Å²) in [5, 5.41) is 10.1. The van der Waals surface area contributed by atoms with Gasteiger partial charge in [0.15, 0.2) is 0 Å². The standard InChI is InChI=1S/C22H36O/c1-4-15-6-5-7-19-18-9-8-16-14-17(23)10-12-22(16,3)20(18)11-13-21(15,19)2/h8,15,17-20,23H,4-7,9-14H2,1-3H3. The van der Waals surface area contributed by atoms with Crippen molar-refractivity contribution in [3.8, 4) is 0 Å². The van der Waals surface area contributed by atoms with Crippen LogP contribution in [0.5, 0.6) is 0 Å². The van der Waals surface area contributed by atoms with Crippen molar-refractivity contribution in [1.29, 1.82) is 0 Å². The molecule has 0 aromatic heterocycles. The highest BCUT2D eigenvalue weighted by atomic mass is 16.3. The summed E-state index contributed by atoms with van der Waals surface area (Å²) in [6.45, 7) is 7.62. The smallest absolute Gasteiger partial charge is 0.0577 e. The summed E-state index contributed by atoms with van der Waals surface area (Å²) >= 11 is 0. The maximum Gasteiger partial charge on any atom is 0.0577 e. The summed E-state index contributed by atoms with van der Waals surface area (Å²) in [5.74, 6) is 3.74. The summed E-state index contributed by atoms with van der Waals surface area (Å²) in [6, 6.07) is 0. The molecule has 0 aromatic carbocycles. The first-order valence-corrected chi connectivity index (χ1v) is 10.4. The molecule has 0 bridgehead atoms. The highest BCUT2D eigenvalue weighted by Crippen LogP contribution is 2.65. The SMILES string of the molecule is CCC1CCCC2C3CC=C4CC(O)CCC4(C)C3CCC12C. The molecule has 7 unspecified atom stereocenters. The molecule has 1 N–H and O–H groups in total. The van der Waals surface area contributed by atoms with E-state index in [0.717, 1.165) is 36.5 Å². The van der Waals surface area contributed by atoms with Gasteiger partial charge in [-0.2, -0.15) is 0 Å². The normalized spacial score (nSPS) is 52.9. The topological polar surface area (TPSA) is 20.2 Å². The molecule has 130 valence electrons. The van der Waals surface area contributed by atoms with E-state index in [4.69, 9.17) is 0 Å². The number of hydrogen-bond donors (Lipinski definition) is 1. The van der Waals surface area contributed by atoms with E-state index >= 15 is 0 Å². The molecule has 3 fully saturated rings. The molecule has 0 aliphatic heterocycles. The minimum atomic E-state index is -0.0705. The number of aliphatic hydroxyl groups excluding tert-OH is 1. The predicted octanol–water partition coefficient (Wildman–Crippen LogP) is 5.73. The first-order chi connectivity index (χ1) is 11.0. The molecule has 4 aliphatic carbocycles. The van der Waals surface area contributed by atoms with Gasteiger partial charge in [-0.05, 0) is 85.9 Å². The molecular formula is C22H36O. The number of allylic oxidation sites excluding steroid dienone is 1. The van der Waals surface area contributed by atoms with E-state index in [0.29, 0.717) is 10.8 Å². The van der Waals surface area contributed by atoms with Crippen LogP contribution in [0.3, 0.4) is 0 Å².